The zero-order valence-corrected chi connectivity index (χ0v) is 13.8. The molecule has 0 spiro atoms. The number of carbonyl (C=O) groups excluding carboxylic acids is 1. The molecule has 120 valence electrons. The number of anilines is 1. The highest BCUT2D eigenvalue weighted by molar-refractivity contribution is 7.11. The second-order valence-electron chi connectivity index (χ2n) is 6.29. The molecule has 0 radical (unpaired) electrons. The van der Waals surface area contributed by atoms with E-state index in [-0.39, 0.29) is 11.8 Å². The molecule has 1 atom stereocenters. The molecule has 6 heteroatoms. The molecule has 2 aromatic rings. The molecule has 2 fully saturated rings. The van der Waals surface area contributed by atoms with Gasteiger partial charge < -0.3 is 10.2 Å². The minimum atomic E-state index is 0.0611. The van der Waals surface area contributed by atoms with Gasteiger partial charge in [-0.15, -0.1) is 10.2 Å². The largest absolute Gasteiger partial charge is 0.371 e. The standard InChI is InChI=1S/C17H20N4OS/c22-16(18-10-15-19-20-17(23-15)12-6-7-12)13-8-9-21(11-13)14-4-2-1-3-5-14/h1-5,12-13H,6-11H2,(H,18,22)/t13-/m0/s1. The van der Waals surface area contributed by atoms with Gasteiger partial charge in [-0.2, -0.15) is 0 Å². The summed E-state index contributed by atoms with van der Waals surface area (Å²) in [7, 11) is 0. The second-order valence-corrected chi connectivity index (χ2v) is 7.39. The highest BCUT2D eigenvalue weighted by Crippen LogP contribution is 2.41. The fourth-order valence-corrected chi connectivity index (χ4v) is 3.94. The average Bonchev–Trinajstić information content (AvgIpc) is 3.14. The van der Waals surface area contributed by atoms with Crippen molar-refractivity contribution in [2.24, 2.45) is 5.92 Å². The molecule has 1 saturated heterocycles. The monoisotopic (exact) mass is 328 g/mol. The van der Waals surface area contributed by atoms with Crippen LogP contribution in [-0.4, -0.2) is 29.2 Å². The van der Waals surface area contributed by atoms with Crippen molar-refractivity contribution in [3.8, 4) is 0 Å². The van der Waals surface area contributed by atoms with Crippen LogP contribution in [0, 0.1) is 5.92 Å². The maximum Gasteiger partial charge on any atom is 0.225 e. The van der Waals surface area contributed by atoms with E-state index < -0.39 is 0 Å². The Morgan fingerprint density at radius 3 is 2.83 bits per heavy atom. The Balaban J connectivity index is 1.29. The van der Waals surface area contributed by atoms with Crippen molar-refractivity contribution in [2.75, 3.05) is 18.0 Å². The highest BCUT2D eigenvalue weighted by Gasteiger charge is 2.29. The Hall–Kier alpha value is -1.95. The average molecular weight is 328 g/mol. The zero-order chi connectivity index (χ0) is 15.6. The van der Waals surface area contributed by atoms with Crippen LogP contribution < -0.4 is 10.2 Å². The zero-order valence-electron chi connectivity index (χ0n) is 12.9. The molecule has 0 bridgehead atoms. The molecule has 5 nitrogen and oxygen atoms in total. The number of rotatable bonds is 5. The third-order valence-corrected chi connectivity index (χ3v) is 5.59. The van der Waals surface area contributed by atoms with Gasteiger partial charge >= 0.3 is 0 Å². The van der Waals surface area contributed by atoms with E-state index in [1.165, 1.54) is 18.5 Å². The van der Waals surface area contributed by atoms with Crippen LogP contribution in [0.4, 0.5) is 5.69 Å². The van der Waals surface area contributed by atoms with E-state index in [0.29, 0.717) is 12.5 Å². The topological polar surface area (TPSA) is 58.1 Å². The predicted octanol–water partition coefficient (Wildman–Crippen LogP) is 2.56. The first-order valence-corrected chi connectivity index (χ1v) is 9.01. The lowest BCUT2D eigenvalue weighted by molar-refractivity contribution is -0.124. The molecule has 0 unspecified atom stereocenters. The van der Waals surface area contributed by atoms with Crippen molar-refractivity contribution >= 4 is 22.9 Å². The van der Waals surface area contributed by atoms with Crippen molar-refractivity contribution in [3.05, 3.63) is 40.3 Å². The lowest BCUT2D eigenvalue weighted by atomic mass is 10.1. The molecule has 1 saturated carbocycles. The summed E-state index contributed by atoms with van der Waals surface area (Å²) in [4.78, 5) is 14.6. The van der Waals surface area contributed by atoms with Crippen LogP contribution in [0.3, 0.4) is 0 Å². The minimum Gasteiger partial charge on any atom is -0.371 e. The quantitative estimate of drug-likeness (QED) is 0.916. The number of nitrogens with zero attached hydrogens (tertiary/aromatic N) is 3. The molecule has 1 aromatic carbocycles. The lowest BCUT2D eigenvalue weighted by Gasteiger charge is -2.18. The van der Waals surface area contributed by atoms with E-state index >= 15 is 0 Å². The van der Waals surface area contributed by atoms with Gasteiger partial charge in [0.15, 0.2) is 0 Å². The van der Waals surface area contributed by atoms with E-state index in [9.17, 15) is 4.79 Å². The van der Waals surface area contributed by atoms with Gasteiger partial charge in [0.1, 0.15) is 10.0 Å². The van der Waals surface area contributed by atoms with Crippen LogP contribution in [-0.2, 0) is 11.3 Å². The number of para-hydroxylation sites is 1. The van der Waals surface area contributed by atoms with Gasteiger partial charge in [0.2, 0.25) is 5.91 Å². The molecule has 2 heterocycles. The third-order valence-electron chi connectivity index (χ3n) is 4.50. The normalized spacial score (nSPS) is 20.7. The highest BCUT2D eigenvalue weighted by atomic mass is 32.1. The fraction of sp³-hybridized carbons (Fsp3) is 0.471. The number of nitrogens with one attached hydrogen (secondary N) is 1. The summed E-state index contributed by atoms with van der Waals surface area (Å²) < 4.78 is 0. The molecule has 1 aliphatic heterocycles. The molecule has 1 aromatic heterocycles. The van der Waals surface area contributed by atoms with Gasteiger partial charge in [-0.3, -0.25) is 4.79 Å². The van der Waals surface area contributed by atoms with E-state index in [1.807, 2.05) is 18.2 Å². The number of amides is 1. The Labute approximate surface area is 139 Å². The molecule has 2 aliphatic rings. The van der Waals surface area contributed by atoms with Crippen molar-refractivity contribution in [1.82, 2.24) is 15.5 Å². The molecule has 1 amide bonds. The Bertz CT molecular complexity index is 683. The molecule has 1 N–H and O–H groups in total. The maximum absolute atomic E-state index is 12.4. The SMILES string of the molecule is O=C(NCc1nnc(C2CC2)s1)[C@H]1CCN(c2ccccc2)C1. The summed E-state index contributed by atoms with van der Waals surface area (Å²) in [5, 5.41) is 13.5. The lowest BCUT2D eigenvalue weighted by Crippen LogP contribution is -2.32. The molecular formula is C17H20N4OS. The first kappa shape index (κ1) is 14.6. The molecule has 23 heavy (non-hydrogen) atoms. The van der Waals surface area contributed by atoms with Gasteiger partial charge in [0.25, 0.3) is 0 Å². The Morgan fingerprint density at radius 1 is 1.22 bits per heavy atom. The van der Waals surface area contributed by atoms with Gasteiger partial charge in [0, 0.05) is 24.7 Å². The van der Waals surface area contributed by atoms with E-state index in [4.69, 9.17) is 0 Å². The Kier molecular flexibility index (Phi) is 3.99. The smallest absolute Gasteiger partial charge is 0.225 e. The van der Waals surface area contributed by atoms with Gasteiger partial charge in [0.05, 0.1) is 12.5 Å². The van der Waals surface area contributed by atoms with Crippen molar-refractivity contribution in [2.45, 2.75) is 31.7 Å². The number of carbonyl (C=O) groups is 1. The third kappa shape index (κ3) is 3.37. The second kappa shape index (κ2) is 6.28. The summed E-state index contributed by atoms with van der Waals surface area (Å²) >= 11 is 1.64. The van der Waals surface area contributed by atoms with Crippen molar-refractivity contribution < 1.29 is 4.79 Å². The molecule has 1 aliphatic carbocycles. The first-order valence-electron chi connectivity index (χ1n) is 8.19. The summed E-state index contributed by atoms with van der Waals surface area (Å²) in [6, 6.07) is 10.3. The minimum absolute atomic E-state index is 0.0611. The maximum atomic E-state index is 12.4. The summed E-state index contributed by atoms with van der Waals surface area (Å²) in [5.41, 5.74) is 1.20. The van der Waals surface area contributed by atoms with Crippen LogP contribution in [0.5, 0.6) is 0 Å². The van der Waals surface area contributed by atoms with E-state index in [2.05, 4.69) is 32.5 Å². The van der Waals surface area contributed by atoms with Crippen LogP contribution in [0.2, 0.25) is 0 Å². The number of hydrogen-bond acceptors (Lipinski definition) is 5. The Morgan fingerprint density at radius 2 is 2.04 bits per heavy atom. The summed E-state index contributed by atoms with van der Waals surface area (Å²) in [6.45, 7) is 2.23. The van der Waals surface area contributed by atoms with Gasteiger partial charge in [-0.05, 0) is 31.4 Å². The van der Waals surface area contributed by atoms with Gasteiger partial charge in [-0.1, -0.05) is 29.5 Å². The summed E-state index contributed by atoms with van der Waals surface area (Å²) in [6.07, 6.45) is 3.38. The van der Waals surface area contributed by atoms with Crippen LogP contribution in [0.25, 0.3) is 0 Å². The molecular weight excluding hydrogens is 308 g/mol. The predicted molar refractivity (Wildman–Crippen MR) is 90.5 cm³/mol. The molecule has 4 rings (SSSR count). The van der Waals surface area contributed by atoms with E-state index in [1.54, 1.807) is 11.3 Å². The van der Waals surface area contributed by atoms with Gasteiger partial charge in [-0.25, -0.2) is 0 Å². The van der Waals surface area contributed by atoms with Crippen molar-refractivity contribution in [1.29, 1.82) is 0 Å². The van der Waals surface area contributed by atoms with E-state index in [0.717, 1.165) is 29.5 Å². The fourth-order valence-electron chi connectivity index (χ4n) is 2.99. The number of benzene rings is 1. The van der Waals surface area contributed by atoms with Crippen LogP contribution in [0.1, 0.15) is 35.2 Å². The number of aromatic nitrogens is 2. The summed E-state index contributed by atoms with van der Waals surface area (Å²) in [5.74, 6) is 0.823. The number of hydrogen-bond donors (Lipinski definition) is 1. The van der Waals surface area contributed by atoms with Crippen LogP contribution >= 0.6 is 11.3 Å². The first-order chi connectivity index (χ1) is 11.3. The van der Waals surface area contributed by atoms with Crippen LogP contribution in [0.15, 0.2) is 30.3 Å². The van der Waals surface area contributed by atoms with Crippen molar-refractivity contribution in [3.63, 3.8) is 0 Å².